The Kier molecular flexibility index (Phi) is 4.99. The molecule has 0 spiro atoms. The Morgan fingerprint density at radius 1 is 1.15 bits per heavy atom. The summed E-state index contributed by atoms with van der Waals surface area (Å²) in [5.41, 5.74) is 4.54. The number of benzene rings is 2. The Morgan fingerprint density at radius 2 is 1.89 bits per heavy atom. The molecule has 142 valence electrons. The van der Waals surface area contributed by atoms with Crippen LogP contribution in [0.25, 0.3) is 0 Å². The molecule has 0 aliphatic carbocycles. The van der Waals surface area contributed by atoms with Gasteiger partial charge in [0.1, 0.15) is 0 Å². The van der Waals surface area contributed by atoms with Crippen molar-refractivity contribution in [2.75, 3.05) is 16.4 Å². The van der Waals surface area contributed by atoms with Gasteiger partial charge >= 0.3 is 0 Å². The highest BCUT2D eigenvalue weighted by Gasteiger charge is 2.47. The van der Waals surface area contributed by atoms with Gasteiger partial charge in [0.25, 0.3) is 0 Å². The van der Waals surface area contributed by atoms with Crippen LogP contribution in [0.3, 0.4) is 0 Å². The van der Waals surface area contributed by atoms with Crippen molar-refractivity contribution in [1.29, 1.82) is 0 Å². The molecule has 2 aromatic rings. The largest absolute Gasteiger partial charge is 0.315 e. The van der Waals surface area contributed by atoms with Crippen molar-refractivity contribution >= 4 is 44.1 Å². The van der Waals surface area contributed by atoms with Crippen molar-refractivity contribution in [3.63, 3.8) is 0 Å². The van der Waals surface area contributed by atoms with Gasteiger partial charge in [-0.15, -0.1) is 0 Å². The second-order valence-electron chi connectivity index (χ2n) is 7.20. The summed E-state index contributed by atoms with van der Waals surface area (Å²) in [6, 6.07) is 13.8. The average Bonchev–Trinajstić information content (AvgIpc) is 3.06. The number of aliphatic imine (C=N–C) groups is 1. The van der Waals surface area contributed by atoms with E-state index in [-0.39, 0.29) is 23.6 Å². The number of hydrogen-bond acceptors (Lipinski definition) is 5. The van der Waals surface area contributed by atoms with E-state index in [0.717, 1.165) is 32.8 Å². The minimum absolute atomic E-state index is 0.107. The van der Waals surface area contributed by atoms with Crippen LogP contribution in [0.1, 0.15) is 16.7 Å². The van der Waals surface area contributed by atoms with Crippen LogP contribution in [0.15, 0.2) is 47.5 Å². The second kappa shape index (κ2) is 7.15. The Balaban J connectivity index is 1.64. The van der Waals surface area contributed by atoms with Gasteiger partial charge in [-0.3, -0.25) is 4.99 Å². The van der Waals surface area contributed by atoms with Gasteiger partial charge in [-0.25, -0.2) is 8.42 Å². The molecule has 2 atom stereocenters. The van der Waals surface area contributed by atoms with E-state index < -0.39 is 9.84 Å². The normalized spacial score (nSPS) is 23.4. The van der Waals surface area contributed by atoms with Crippen LogP contribution in [-0.2, 0) is 15.6 Å². The molecule has 0 saturated carbocycles. The van der Waals surface area contributed by atoms with Gasteiger partial charge in [0.2, 0.25) is 0 Å². The number of thioether (sulfide) groups is 1. The Morgan fingerprint density at radius 3 is 2.59 bits per heavy atom. The molecule has 0 radical (unpaired) electrons. The maximum absolute atomic E-state index is 12.2. The third-order valence-corrected chi connectivity index (χ3v) is 7.99. The Bertz CT molecular complexity index is 1000. The van der Waals surface area contributed by atoms with E-state index >= 15 is 0 Å². The lowest BCUT2D eigenvalue weighted by Gasteiger charge is -2.28. The van der Waals surface area contributed by atoms with Crippen LogP contribution in [0.4, 0.5) is 5.69 Å². The fraction of sp³-hybridized carbons (Fsp3) is 0.350. The topological polar surface area (TPSA) is 49.7 Å². The highest BCUT2D eigenvalue weighted by atomic mass is 35.5. The van der Waals surface area contributed by atoms with Crippen LogP contribution < -0.4 is 4.90 Å². The van der Waals surface area contributed by atoms with Crippen molar-refractivity contribution in [2.45, 2.75) is 31.7 Å². The van der Waals surface area contributed by atoms with Gasteiger partial charge in [-0.1, -0.05) is 53.2 Å². The molecule has 0 aromatic heterocycles. The zero-order chi connectivity index (χ0) is 19.2. The van der Waals surface area contributed by atoms with Crippen LogP contribution in [0.2, 0.25) is 5.02 Å². The highest BCUT2D eigenvalue weighted by Crippen LogP contribution is 2.37. The van der Waals surface area contributed by atoms with E-state index in [1.807, 2.05) is 24.3 Å². The monoisotopic (exact) mass is 420 g/mol. The molecule has 0 bridgehead atoms. The number of halogens is 1. The minimum Gasteiger partial charge on any atom is -0.315 e. The smallest absolute Gasteiger partial charge is 0.164 e. The summed E-state index contributed by atoms with van der Waals surface area (Å²) in [5, 5.41) is 1.63. The van der Waals surface area contributed by atoms with Gasteiger partial charge in [-0.05, 0) is 43.2 Å². The molecule has 2 aromatic carbocycles. The van der Waals surface area contributed by atoms with Gasteiger partial charge < -0.3 is 4.90 Å². The fourth-order valence-electron chi connectivity index (χ4n) is 3.72. The summed E-state index contributed by atoms with van der Waals surface area (Å²) in [7, 11) is -3.04. The average molecular weight is 421 g/mol. The Hall–Kier alpha value is -1.50. The molecular weight excluding hydrogens is 400 g/mol. The maximum atomic E-state index is 12.2. The number of hydrogen-bond donors (Lipinski definition) is 0. The molecule has 4 nitrogen and oxygen atoms in total. The van der Waals surface area contributed by atoms with E-state index in [0.29, 0.717) is 0 Å². The third kappa shape index (κ3) is 3.89. The van der Waals surface area contributed by atoms with Crippen LogP contribution in [0, 0.1) is 13.8 Å². The molecule has 0 N–H and O–H groups in total. The molecule has 2 aliphatic rings. The third-order valence-electron chi connectivity index (χ3n) is 5.00. The molecule has 2 heterocycles. The van der Waals surface area contributed by atoms with Crippen molar-refractivity contribution in [3.8, 4) is 0 Å². The number of anilines is 1. The van der Waals surface area contributed by atoms with Crippen molar-refractivity contribution < 1.29 is 8.42 Å². The predicted octanol–water partition coefficient (Wildman–Crippen LogP) is 4.23. The van der Waals surface area contributed by atoms with Crippen molar-refractivity contribution in [3.05, 3.63) is 64.2 Å². The van der Waals surface area contributed by atoms with Crippen LogP contribution in [-0.4, -0.2) is 37.2 Å². The molecule has 4 rings (SSSR count). The van der Waals surface area contributed by atoms with Crippen molar-refractivity contribution in [2.24, 2.45) is 4.99 Å². The first kappa shape index (κ1) is 18.8. The lowest BCUT2D eigenvalue weighted by atomic mass is 10.1. The lowest BCUT2D eigenvalue weighted by Crippen LogP contribution is -2.39. The molecule has 1 saturated heterocycles. The summed E-state index contributed by atoms with van der Waals surface area (Å²) < 4.78 is 24.3. The molecule has 7 heteroatoms. The van der Waals surface area contributed by atoms with Gasteiger partial charge in [-0.2, -0.15) is 0 Å². The number of fused-ring (bicyclic) bond motifs is 1. The summed E-state index contributed by atoms with van der Waals surface area (Å²) in [4.78, 5) is 6.94. The van der Waals surface area contributed by atoms with E-state index in [2.05, 4.69) is 36.9 Å². The summed E-state index contributed by atoms with van der Waals surface area (Å²) >= 11 is 7.62. The highest BCUT2D eigenvalue weighted by molar-refractivity contribution is 8.13. The first-order valence-corrected chi connectivity index (χ1v) is 12.0. The molecule has 0 amide bonds. The molecule has 2 aliphatic heterocycles. The zero-order valence-electron chi connectivity index (χ0n) is 15.2. The summed E-state index contributed by atoms with van der Waals surface area (Å²) in [6.45, 7) is 4.13. The molecular formula is C20H21ClN2O2S2. The lowest BCUT2D eigenvalue weighted by molar-refractivity contribution is 0.601. The standard InChI is InChI=1S/C20H21ClN2O2S2/c1-13-3-8-18(14(2)9-13)23-19-12-27(24,25)11-17(19)22-20(23)26-10-15-4-6-16(21)7-5-15/h3-9,17,19H,10-12H2,1-2H3/t17-,19+/m0/s1. The number of rotatable bonds is 3. The van der Waals surface area contributed by atoms with Crippen LogP contribution in [0.5, 0.6) is 0 Å². The molecule has 1 fully saturated rings. The van der Waals surface area contributed by atoms with E-state index in [9.17, 15) is 8.42 Å². The van der Waals surface area contributed by atoms with Gasteiger partial charge in [0.05, 0.1) is 23.6 Å². The van der Waals surface area contributed by atoms with Crippen molar-refractivity contribution in [1.82, 2.24) is 0 Å². The van der Waals surface area contributed by atoms with Gasteiger partial charge in [0.15, 0.2) is 15.0 Å². The Labute approximate surface area is 169 Å². The first-order chi connectivity index (χ1) is 12.8. The zero-order valence-corrected chi connectivity index (χ0v) is 17.6. The fourth-order valence-corrected chi connectivity index (χ4v) is 6.76. The summed E-state index contributed by atoms with van der Waals surface area (Å²) in [5.74, 6) is 1.08. The molecule has 0 unspecified atom stereocenters. The quantitative estimate of drug-likeness (QED) is 0.745. The molecule has 27 heavy (non-hydrogen) atoms. The van der Waals surface area contributed by atoms with E-state index in [1.54, 1.807) is 11.8 Å². The predicted molar refractivity (Wildman–Crippen MR) is 115 cm³/mol. The number of sulfone groups is 1. The van der Waals surface area contributed by atoms with E-state index in [1.165, 1.54) is 5.56 Å². The SMILES string of the molecule is Cc1ccc(N2C(SCc3ccc(Cl)cc3)=N[C@H]3CS(=O)(=O)C[C@H]32)c(C)c1. The minimum atomic E-state index is -3.04. The van der Waals surface area contributed by atoms with Gasteiger partial charge in [0, 0.05) is 16.5 Å². The number of aryl methyl sites for hydroxylation is 2. The number of amidine groups is 1. The summed E-state index contributed by atoms with van der Waals surface area (Å²) in [6.07, 6.45) is 0. The van der Waals surface area contributed by atoms with Crippen LogP contribution >= 0.6 is 23.4 Å². The van der Waals surface area contributed by atoms with E-state index in [4.69, 9.17) is 16.6 Å². The second-order valence-corrected chi connectivity index (χ2v) is 10.7. The number of nitrogens with zero attached hydrogens (tertiary/aromatic N) is 2. The maximum Gasteiger partial charge on any atom is 0.164 e. The first-order valence-electron chi connectivity index (χ1n) is 8.84.